The molecule has 3 heterocycles. The molecule has 29 heavy (non-hydrogen) atoms. The van der Waals surface area contributed by atoms with E-state index < -0.39 is 0 Å². The molecule has 4 rings (SSSR count). The fourth-order valence-electron chi connectivity index (χ4n) is 4.64. The summed E-state index contributed by atoms with van der Waals surface area (Å²) in [5.41, 5.74) is 2.50. The maximum Gasteiger partial charge on any atom is 0.222 e. The maximum atomic E-state index is 12.6. The number of piperazine rings is 1. The fraction of sp³-hybridized carbons (Fsp3) is 0.542. The van der Waals surface area contributed by atoms with Crippen LogP contribution in [0.5, 0.6) is 0 Å². The number of benzene rings is 1. The summed E-state index contributed by atoms with van der Waals surface area (Å²) < 4.78 is 5.64. The molecule has 1 atom stereocenters. The number of hydrogen-bond acceptors (Lipinski definition) is 4. The van der Waals surface area contributed by atoms with Gasteiger partial charge in [-0.1, -0.05) is 24.3 Å². The van der Waals surface area contributed by atoms with Crippen molar-refractivity contribution in [1.29, 1.82) is 0 Å². The van der Waals surface area contributed by atoms with Crippen molar-refractivity contribution in [3.8, 4) is 11.3 Å². The van der Waals surface area contributed by atoms with E-state index in [1.165, 1.54) is 24.0 Å². The summed E-state index contributed by atoms with van der Waals surface area (Å²) in [4.78, 5) is 19.5. The van der Waals surface area contributed by atoms with E-state index >= 15 is 0 Å². The first-order valence-electron chi connectivity index (χ1n) is 11.0. The van der Waals surface area contributed by atoms with Gasteiger partial charge in [-0.25, -0.2) is 0 Å². The number of rotatable bonds is 6. The van der Waals surface area contributed by atoms with Gasteiger partial charge in [-0.05, 0) is 56.5 Å². The summed E-state index contributed by atoms with van der Waals surface area (Å²) in [6, 6.07) is 12.5. The normalized spacial score (nSPS) is 21.4. The molecular formula is C24H33N3O2. The molecule has 2 saturated heterocycles. The molecule has 5 nitrogen and oxygen atoms in total. The maximum absolute atomic E-state index is 12.6. The van der Waals surface area contributed by atoms with Crippen molar-refractivity contribution >= 4 is 5.91 Å². The van der Waals surface area contributed by atoms with Crippen LogP contribution < -0.4 is 0 Å². The summed E-state index contributed by atoms with van der Waals surface area (Å²) in [6.07, 6.45) is 5.91. The molecule has 2 fully saturated rings. The first-order valence-corrected chi connectivity index (χ1v) is 11.0. The number of likely N-dealkylation sites (tertiary alicyclic amines) is 1. The van der Waals surface area contributed by atoms with E-state index in [2.05, 4.69) is 46.0 Å². The predicted octanol–water partition coefficient (Wildman–Crippen LogP) is 3.71. The van der Waals surface area contributed by atoms with Crippen LogP contribution in [0.2, 0.25) is 0 Å². The van der Waals surface area contributed by atoms with E-state index in [1.54, 1.807) is 6.26 Å². The predicted molar refractivity (Wildman–Crippen MR) is 115 cm³/mol. The SMILES string of the molecule is CN1CCN(C(=O)CC[C@@H]2CCCN(Cc3ccccc3-c3ccco3)C2)CC1. The van der Waals surface area contributed by atoms with Gasteiger partial charge in [-0.2, -0.15) is 0 Å². The summed E-state index contributed by atoms with van der Waals surface area (Å²) in [6.45, 7) is 6.93. The van der Waals surface area contributed by atoms with E-state index in [0.717, 1.165) is 58.0 Å². The molecule has 156 valence electrons. The van der Waals surface area contributed by atoms with Gasteiger partial charge in [0.25, 0.3) is 0 Å². The highest BCUT2D eigenvalue weighted by molar-refractivity contribution is 5.76. The Morgan fingerprint density at radius 3 is 2.69 bits per heavy atom. The second kappa shape index (κ2) is 9.59. The third kappa shape index (κ3) is 5.28. The van der Waals surface area contributed by atoms with Gasteiger partial charge in [0, 0.05) is 51.3 Å². The minimum atomic E-state index is 0.346. The summed E-state index contributed by atoms with van der Waals surface area (Å²) >= 11 is 0. The Kier molecular flexibility index (Phi) is 6.67. The van der Waals surface area contributed by atoms with Crippen LogP contribution >= 0.6 is 0 Å². The van der Waals surface area contributed by atoms with Crippen LogP contribution in [0.15, 0.2) is 47.1 Å². The molecular weight excluding hydrogens is 362 g/mol. The summed E-state index contributed by atoms with van der Waals surface area (Å²) in [5, 5.41) is 0. The van der Waals surface area contributed by atoms with E-state index in [9.17, 15) is 4.79 Å². The highest BCUT2D eigenvalue weighted by Gasteiger charge is 2.24. The van der Waals surface area contributed by atoms with Gasteiger partial charge in [0.2, 0.25) is 5.91 Å². The number of likely N-dealkylation sites (N-methyl/N-ethyl adjacent to an activating group) is 1. The molecule has 5 heteroatoms. The lowest BCUT2D eigenvalue weighted by atomic mass is 9.92. The average Bonchev–Trinajstić information content (AvgIpc) is 3.28. The Balaban J connectivity index is 1.30. The quantitative estimate of drug-likeness (QED) is 0.748. The zero-order valence-corrected chi connectivity index (χ0v) is 17.6. The highest BCUT2D eigenvalue weighted by atomic mass is 16.3. The lowest BCUT2D eigenvalue weighted by molar-refractivity contribution is -0.133. The van der Waals surface area contributed by atoms with E-state index in [0.29, 0.717) is 18.2 Å². The molecule has 0 N–H and O–H groups in total. The average molecular weight is 396 g/mol. The molecule has 0 spiro atoms. The van der Waals surface area contributed by atoms with Crippen LogP contribution in [0.25, 0.3) is 11.3 Å². The van der Waals surface area contributed by atoms with Gasteiger partial charge in [0.1, 0.15) is 5.76 Å². The number of furan rings is 1. The van der Waals surface area contributed by atoms with Crippen LogP contribution in [0.1, 0.15) is 31.2 Å². The lowest BCUT2D eigenvalue weighted by Crippen LogP contribution is -2.47. The fourth-order valence-corrected chi connectivity index (χ4v) is 4.64. The zero-order valence-electron chi connectivity index (χ0n) is 17.6. The van der Waals surface area contributed by atoms with Crippen LogP contribution in [0.4, 0.5) is 0 Å². The van der Waals surface area contributed by atoms with Gasteiger partial charge >= 0.3 is 0 Å². The van der Waals surface area contributed by atoms with Crippen molar-refractivity contribution in [2.75, 3.05) is 46.3 Å². The van der Waals surface area contributed by atoms with Crippen LogP contribution in [0, 0.1) is 5.92 Å². The van der Waals surface area contributed by atoms with Crippen molar-refractivity contribution in [1.82, 2.24) is 14.7 Å². The number of amides is 1. The Hall–Kier alpha value is -2.11. The monoisotopic (exact) mass is 395 g/mol. The van der Waals surface area contributed by atoms with Crippen molar-refractivity contribution in [3.63, 3.8) is 0 Å². The number of piperidine rings is 1. The van der Waals surface area contributed by atoms with Gasteiger partial charge in [-0.3, -0.25) is 9.69 Å². The molecule has 2 aliphatic heterocycles. The second-order valence-electron chi connectivity index (χ2n) is 8.60. The third-order valence-corrected chi connectivity index (χ3v) is 6.42. The highest BCUT2D eigenvalue weighted by Crippen LogP contribution is 2.28. The van der Waals surface area contributed by atoms with Crippen LogP contribution in [-0.2, 0) is 11.3 Å². The van der Waals surface area contributed by atoms with Gasteiger partial charge < -0.3 is 14.2 Å². The van der Waals surface area contributed by atoms with E-state index in [4.69, 9.17) is 4.42 Å². The van der Waals surface area contributed by atoms with E-state index in [1.807, 2.05) is 12.1 Å². The minimum Gasteiger partial charge on any atom is -0.464 e. The van der Waals surface area contributed by atoms with Gasteiger partial charge in [-0.15, -0.1) is 0 Å². The molecule has 1 amide bonds. The first-order chi connectivity index (χ1) is 14.2. The molecule has 1 aromatic carbocycles. The Bertz CT molecular complexity index is 781. The summed E-state index contributed by atoms with van der Waals surface area (Å²) in [7, 11) is 2.13. The van der Waals surface area contributed by atoms with E-state index in [-0.39, 0.29) is 0 Å². The third-order valence-electron chi connectivity index (χ3n) is 6.42. The lowest BCUT2D eigenvalue weighted by Gasteiger charge is -2.35. The molecule has 0 bridgehead atoms. The number of carbonyl (C=O) groups excluding carboxylic acids is 1. The summed E-state index contributed by atoms with van der Waals surface area (Å²) in [5.74, 6) is 1.90. The minimum absolute atomic E-state index is 0.346. The Labute approximate surface area is 174 Å². The largest absolute Gasteiger partial charge is 0.464 e. The molecule has 0 radical (unpaired) electrons. The van der Waals surface area contributed by atoms with Gasteiger partial charge in [0.05, 0.1) is 6.26 Å². The molecule has 1 aromatic heterocycles. The van der Waals surface area contributed by atoms with Crippen molar-refractivity contribution < 1.29 is 9.21 Å². The Morgan fingerprint density at radius 1 is 1.07 bits per heavy atom. The molecule has 2 aliphatic rings. The standard InChI is InChI=1S/C24H33N3O2/c1-25-13-15-27(16-14-25)24(28)11-10-20-6-4-12-26(18-20)19-21-7-2-3-8-22(21)23-9-5-17-29-23/h2-3,5,7-9,17,20H,4,6,10-16,18-19H2,1H3/t20-/m0/s1. The molecule has 0 unspecified atom stereocenters. The molecule has 2 aromatic rings. The van der Waals surface area contributed by atoms with Gasteiger partial charge in [0.15, 0.2) is 0 Å². The van der Waals surface area contributed by atoms with Crippen LogP contribution in [0.3, 0.4) is 0 Å². The molecule has 0 saturated carbocycles. The second-order valence-corrected chi connectivity index (χ2v) is 8.60. The zero-order chi connectivity index (χ0) is 20.1. The number of nitrogens with zero attached hydrogens (tertiary/aromatic N) is 3. The molecule has 0 aliphatic carbocycles. The number of carbonyl (C=O) groups is 1. The van der Waals surface area contributed by atoms with Crippen molar-refractivity contribution in [3.05, 3.63) is 48.2 Å². The van der Waals surface area contributed by atoms with Crippen molar-refractivity contribution in [2.24, 2.45) is 5.92 Å². The topological polar surface area (TPSA) is 39.9 Å². The number of hydrogen-bond donors (Lipinski definition) is 0. The van der Waals surface area contributed by atoms with Crippen molar-refractivity contribution in [2.45, 2.75) is 32.2 Å². The van der Waals surface area contributed by atoms with Crippen LogP contribution in [-0.4, -0.2) is 66.9 Å². The Morgan fingerprint density at radius 2 is 1.90 bits per heavy atom. The smallest absolute Gasteiger partial charge is 0.222 e. The first kappa shape index (κ1) is 20.2.